The maximum atomic E-state index is 11.1. The van der Waals surface area contributed by atoms with E-state index < -0.39 is 11.9 Å². The summed E-state index contributed by atoms with van der Waals surface area (Å²) < 4.78 is 5.58. The van der Waals surface area contributed by atoms with Gasteiger partial charge in [-0.1, -0.05) is 25.6 Å². The van der Waals surface area contributed by atoms with Crippen LogP contribution in [0.15, 0.2) is 42.5 Å². The van der Waals surface area contributed by atoms with Crippen molar-refractivity contribution in [2.45, 2.75) is 14.4 Å². The third-order valence-electron chi connectivity index (χ3n) is 2.77. The summed E-state index contributed by atoms with van der Waals surface area (Å²) in [5.41, 5.74) is 0.324. The Bertz CT molecular complexity index is 676. The zero-order chi connectivity index (χ0) is 14.7. The van der Waals surface area contributed by atoms with Crippen molar-refractivity contribution >= 4 is 11.9 Å². The number of carboxylic acids is 2. The zero-order valence-corrected chi connectivity index (χ0v) is 10.7. The highest BCUT2D eigenvalue weighted by Crippen LogP contribution is 2.26. The van der Waals surface area contributed by atoms with E-state index in [2.05, 4.69) is 0 Å². The molecule has 21 heavy (non-hydrogen) atoms. The van der Waals surface area contributed by atoms with Crippen LogP contribution in [0.3, 0.4) is 0 Å². The minimum absolute atomic E-state index is 0. The number of para-hydroxylation sites is 1. The van der Waals surface area contributed by atoms with Crippen LogP contribution < -0.4 is 4.74 Å². The van der Waals surface area contributed by atoms with E-state index >= 15 is 0 Å². The predicted molar refractivity (Wildman–Crippen MR) is 78.3 cm³/mol. The van der Waals surface area contributed by atoms with Gasteiger partial charge in [0, 0.05) is 0 Å². The van der Waals surface area contributed by atoms with E-state index in [1.54, 1.807) is 12.1 Å². The molecule has 2 rings (SSSR count). The van der Waals surface area contributed by atoms with Gasteiger partial charge < -0.3 is 14.9 Å². The van der Waals surface area contributed by atoms with Gasteiger partial charge in [0.05, 0.1) is 11.1 Å². The monoisotopic (exact) mass is 288 g/mol. The van der Waals surface area contributed by atoms with Crippen molar-refractivity contribution in [3.63, 3.8) is 0 Å². The Hall–Kier alpha value is -2.82. The van der Waals surface area contributed by atoms with Crippen molar-refractivity contribution in [1.29, 1.82) is 0 Å². The number of hydrogen-bond donors (Lipinski definition) is 2. The number of benzene rings is 2. The van der Waals surface area contributed by atoms with E-state index in [4.69, 9.17) is 14.9 Å². The van der Waals surface area contributed by atoms with Crippen LogP contribution >= 0.6 is 0 Å². The van der Waals surface area contributed by atoms with Crippen LogP contribution in [-0.2, 0) is 0 Å². The van der Waals surface area contributed by atoms with E-state index in [0.717, 1.165) is 5.56 Å². The summed E-state index contributed by atoms with van der Waals surface area (Å²) in [5.74, 6) is -1.73. The van der Waals surface area contributed by atoms with Gasteiger partial charge in [-0.05, 0) is 36.8 Å². The van der Waals surface area contributed by atoms with Crippen LogP contribution in [0.2, 0.25) is 0 Å². The molecule has 0 aliphatic carbocycles. The highest BCUT2D eigenvalue weighted by atomic mass is 16.5. The molecule has 0 aliphatic heterocycles. The van der Waals surface area contributed by atoms with Crippen molar-refractivity contribution in [3.05, 3.63) is 59.2 Å². The Kier molecular flexibility index (Phi) is 5.07. The fraction of sp³-hybridized carbons (Fsp3) is 0.125. The highest BCUT2D eigenvalue weighted by Gasteiger charge is 2.17. The molecule has 0 radical (unpaired) electrons. The Balaban J connectivity index is 0.00000220. The lowest BCUT2D eigenvalue weighted by Gasteiger charge is -2.10. The Labute approximate surface area is 122 Å². The van der Waals surface area contributed by atoms with Crippen molar-refractivity contribution in [1.82, 2.24) is 0 Å². The molecule has 0 amide bonds. The summed E-state index contributed by atoms with van der Waals surface area (Å²) in [5, 5.41) is 18.0. The molecule has 0 heterocycles. The predicted octanol–water partition coefficient (Wildman–Crippen LogP) is 3.82. The summed E-state index contributed by atoms with van der Waals surface area (Å²) in [4.78, 5) is 22.0. The fourth-order valence-electron chi connectivity index (χ4n) is 1.75. The third-order valence-corrected chi connectivity index (χ3v) is 2.77. The highest BCUT2D eigenvalue weighted by molar-refractivity contribution is 6.02. The van der Waals surface area contributed by atoms with Gasteiger partial charge in [0.15, 0.2) is 0 Å². The van der Waals surface area contributed by atoms with Crippen LogP contribution in [0.1, 0.15) is 33.7 Å². The fourth-order valence-corrected chi connectivity index (χ4v) is 1.75. The lowest BCUT2D eigenvalue weighted by molar-refractivity contribution is 0.0651. The van der Waals surface area contributed by atoms with Crippen molar-refractivity contribution in [2.75, 3.05) is 0 Å². The molecule has 110 valence electrons. The van der Waals surface area contributed by atoms with Gasteiger partial charge in [0.1, 0.15) is 11.5 Å². The molecule has 2 aromatic carbocycles. The molecule has 0 atom stereocenters. The van der Waals surface area contributed by atoms with Gasteiger partial charge in [-0.15, -0.1) is 0 Å². The number of rotatable bonds is 4. The largest absolute Gasteiger partial charge is 0.478 e. The van der Waals surface area contributed by atoms with Crippen molar-refractivity contribution in [3.8, 4) is 11.5 Å². The summed E-state index contributed by atoms with van der Waals surface area (Å²) in [6.45, 7) is 1.86. The molecular weight excluding hydrogens is 272 g/mol. The lowest BCUT2D eigenvalue weighted by Crippen LogP contribution is -2.08. The summed E-state index contributed by atoms with van der Waals surface area (Å²) in [7, 11) is 0. The Morgan fingerprint density at radius 1 is 0.952 bits per heavy atom. The SMILES string of the molecule is C.Cc1ccccc1Oc1ccc(C(=O)O)c(C(=O)O)c1. The van der Waals surface area contributed by atoms with Crippen LogP contribution in [0, 0.1) is 6.92 Å². The molecule has 2 aromatic rings. The first-order valence-corrected chi connectivity index (χ1v) is 5.83. The Morgan fingerprint density at radius 2 is 1.57 bits per heavy atom. The number of ether oxygens (including phenoxy) is 1. The molecule has 0 spiro atoms. The quantitative estimate of drug-likeness (QED) is 0.893. The van der Waals surface area contributed by atoms with Crippen LogP contribution in [0.4, 0.5) is 0 Å². The normalized spacial score (nSPS) is 9.57. The first-order chi connectivity index (χ1) is 9.49. The molecule has 0 saturated heterocycles. The van der Waals surface area contributed by atoms with E-state index in [9.17, 15) is 9.59 Å². The maximum absolute atomic E-state index is 11.1. The van der Waals surface area contributed by atoms with E-state index in [-0.39, 0.29) is 24.3 Å². The lowest BCUT2D eigenvalue weighted by atomic mass is 10.1. The summed E-state index contributed by atoms with van der Waals surface area (Å²) >= 11 is 0. The first kappa shape index (κ1) is 16.2. The Morgan fingerprint density at radius 3 is 2.14 bits per heavy atom. The van der Waals surface area contributed by atoms with E-state index in [0.29, 0.717) is 5.75 Å². The first-order valence-electron chi connectivity index (χ1n) is 5.83. The number of hydrogen-bond acceptors (Lipinski definition) is 3. The molecule has 5 nitrogen and oxygen atoms in total. The second kappa shape index (κ2) is 6.56. The molecule has 0 aliphatic rings. The van der Waals surface area contributed by atoms with Gasteiger partial charge in [0.25, 0.3) is 0 Å². The topological polar surface area (TPSA) is 83.8 Å². The molecule has 0 fully saturated rings. The number of aromatic carboxylic acids is 2. The van der Waals surface area contributed by atoms with Gasteiger partial charge in [0.2, 0.25) is 0 Å². The molecule has 0 bridgehead atoms. The second-order valence-electron chi connectivity index (χ2n) is 4.19. The van der Waals surface area contributed by atoms with Crippen LogP contribution in [0.25, 0.3) is 0 Å². The second-order valence-corrected chi connectivity index (χ2v) is 4.19. The number of aryl methyl sites for hydroxylation is 1. The molecular formula is C16H16O5. The average Bonchev–Trinajstić information content (AvgIpc) is 2.41. The standard InChI is InChI=1S/C15H12O5.CH4/c1-9-4-2-3-5-13(9)20-10-6-7-11(14(16)17)12(8-10)15(18)19;/h2-8H,1H3,(H,16,17)(H,18,19);1H4. The van der Waals surface area contributed by atoms with E-state index in [1.165, 1.54) is 18.2 Å². The minimum Gasteiger partial charge on any atom is -0.478 e. The molecule has 5 heteroatoms. The van der Waals surface area contributed by atoms with Gasteiger partial charge in [-0.25, -0.2) is 9.59 Å². The minimum atomic E-state index is -1.31. The smallest absolute Gasteiger partial charge is 0.336 e. The average molecular weight is 288 g/mol. The van der Waals surface area contributed by atoms with Gasteiger partial charge >= 0.3 is 11.9 Å². The molecule has 0 aromatic heterocycles. The molecule has 0 saturated carbocycles. The van der Waals surface area contributed by atoms with E-state index in [1.807, 2.05) is 19.1 Å². The summed E-state index contributed by atoms with van der Waals surface area (Å²) in [6, 6.07) is 11.1. The third kappa shape index (κ3) is 3.60. The van der Waals surface area contributed by atoms with Crippen molar-refractivity contribution in [2.24, 2.45) is 0 Å². The van der Waals surface area contributed by atoms with Gasteiger partial charge in [-0.3, -0.25) is 0 Å². The number of carboxylic acid groups (broad SMARTS) is 2. The van der Waals surface area contributed by atoms with Crippen LogP contribution in [-0.4, -0.2) is 22.2 Å². The maximum Gasteiger partial charge on any atom is 0.336 e. The molecule has 0 unspecified atom stereocenters. The van der Waals surface area contributed by atoms with Crippen molar-refractivity contribution < 1.29 is 24.5 Å². The molecule has 2 N–H and O–H groups in total. The summed E-state index contributed by atoms with van der Waals surface area (Å²) in [6.07, 6.45) is 0. The van der Waals surface area contributed by atoms with Gasteiger partial charge in [-0.2, -0.15) is 0 Å². The zero-order valence-electron chi connectivity index (χ0n) is 10.7. The number of carbonyl (C=O) groups is 2. The van der Waals surface area contributed by atoms with Crippen LogP contribution in [0.5, 0.6) is 11.5 Å².